The summed E-state index contributed by atoms with van der Waals surface area (Å²) in [6.45, 7) is 5.17. The van der Waals surface area contributed by atoms with Crippen molar-refractivity contribution in [3.63, 3.8) is 0 Å². The van der Waals surface area contributed by atoms with E-state index in [-0.39, 0.29) is 0 Å². The molecule has 1 aliphatic carbocycles. The zero-order chi connectivity index (χ0) is 21.8. The molecule has 0 unspecified atom stereocenters. The van der Waals surface area contributed by atoms with Crippen LogP contribution in [0, 0.1) is 5.92 Å². The van der Waals surface area contributed by atoms with Gasteiger partial charge in [-0.05, 0) is 30.0 Å². The topological polar surface area (TPSA) is 41.4 Å². The molecule has 0 radical (unpaired) electrons. The Balaban J connectivity index is 1.21. The van der Waals surface area contributed by atoms with Gasteiger partial charge in [0.15, 0.2) is 0 Å². The maximum absolute atomic E-state index is 12.7. The maximum atomic E-state index is 12.7. The van der Waals surface area contributed by atoms with Gasteiger partial charge in [0.1, 0.15) is 5.82 Å². The van der Waals surface area contributed by atoms with Gasteiger partial charge in [-0.15, -0.1) is 0 Å². The summed E-state index contributed by atoms with van der Waals surface area (Å²) in [5.41, 5.74) is 3.53. The summed E-state index contributed by atoms with van der Waals surface area (Å²) >= 11 is 0. The molecule has 5 heteroatoms. The smallest absolute Gasteiger partial charge is 0.222 e. The fourth-order valence-electron chi connectivity index (χ4n) is 5.33. The van der Waals surface area contributed by atoms with Gasteiger partial charge in [0, 0.05) is 39.1 Å². The summed E-state index contributed by atoms with van der Waals surface area (Å²) in [6.07, 6.45) is 7.18. The molecule has 2 fully saturated rings. The van der Waals surface area contributed by atoms with Gasteiger partial charge in [-0.1, -0.05) is 68.1 Å². The lowest BCUT2D eigenvalue weighted by Gasteiger charge is -2.34. The molecule has 0 spiro atoms. The minimum atomic E-state index is 0.355. The monoisotopic (exact) mass is 430 g/mol. The van der Waals surface area contributed by atoms with Crippen LogP contribution in [0.15, 0.2) is 54.6 Å². The summed E-state index contributed by atoms with van der Waals surface area (Å²) in [5.74, 6) is 2.25. The Hall–Kier alpha value is -2.66. The third-order valence-corrected chi connectivity index (χ3v) is 7.25. The number of imidazole rings is 1. The number of nitrogens with zero attached hydrogens (tertiary/aromatic N) is 4. The van der Waals surface area contributed by atoms with E-state index in [1.165, 1.54) is 36.8 Å². The van der Waals surface area contributed by atoms with E-state index in [0.29, 0.717) is 5.91 Å². The lowest BCUT2D eigenvalue weighted by Crippen LogP contribution is -2.48. The molecular formula is C27H34N4O. The van der Waals surface area contributed by atoms with Crippen molar-refractivity contribution in [2.75, 3.05) is 26.2 Å². The molecule has 32 heavy (non-hydrogen) atoms. The van der Waals surface area contributed by atoms with E-state index in [1.807, 2.05) is 0 Å². The molecule has 1 saturated heterocycles. The second-order valence-corrected chi connectivity index (χ2v) is 9.43. The van der Waals surface area contributed by atoms with Gasteiger partial charge in [0.25, 0.3) is 0 Å². The van der Waals surface area contributed by atoms with Gasteiger partial charge in [0.05, 0.1) is 17.6 Å². The molecular weight excluding hydrogens is 396 g/mol. The van der Waals surface area contributed by atoms with Crippen LogP contribution in [0.4, 0.5) is 0 Å². The standard InChI is InChI=1S/C27H34N4O/c32-27(15-14-22-8-4-5-9-22)30-18-16-29(17-19-30)21-26-28-24-12-6-7-13-25(24)31(26)20-23-10-2-1-3-11-23/h1-3,6-7,10-13,22H,4-5,8-9,14-21H2. The average Bonchev–Trinajstić information content (AvgIpc) is 3.47. The third-order valence-electron chi connectivity index (χ3n) is 7.25. The van der Waals surface area contributed by atoms with Gasteiger partial charge >= 0.3 is 0 Å². The number of carbonyl (C=O) groups excluding carboxylic acids is 1. The van der Waals surface area contributed by atoms with Crippen molar-refractivity contribution in [1.29, 1.82) is 0 Å². The Bertz CT molecular complexity index is 1030. The fraction of sp³-hybridized carbons (Fsp3) is 0.481. The van der Waals surface area contributed by atoms with Crippen LogP contribution >= 0.6 is 0 Å². The van der Waals surface area contributed by atoms with Crippen molar-refractivity contribution in [3.8, 4) is 0 Å². The molecule has 1 amide bonds. The zero-order valence-electron chi connectivity index (χ0n) is 19.0. The lowest BCUT2D eigenvalue weighted by molar-refractivity contribution is -0.133. The molecule has 3 aromatic rings. The summed E-state index contributed by atoms with van der Waals surface area (Å²) < 4.78 is 2.35. The summed E-state index contributed by atoms with van der Waals surface area (Å²) in [7, 11) is 0. The van der Waals surface area contributed by atoms with Gasteiger partial charge < -0.3 is 9.47 Å². The second kappa shape index (κ2) is 9.86. The van der Waals surface area contributed by atoms with Crippen LogP contribution in [0.1, 0.15) is 49.9 Å². The van der Waals surface area contributed by atoms with Crippen LogP contribution in [-0.4, -0.2) is 51.4 Å². The first kappa shape index (κ1) is 21.2. The molecule has 1 aromatic heterocycles. The number of hydrogen-bond acceptors (Lipinski definition) is 3. The molecule has 168 valence electrons. The number of piperazine rings is 1. The molecule has 1 aliphatic heterocycles. The summed E-state index contributed by atoms with van der Waals surface area (Å²) in [4.78, 5) is 22.2. The number of amides is 1. The SMILES string of the molecule is O=C(CCC1CCCC1)N1CCN(Cc2nc3ccccc3n2Cc2ccccc2)CC1. The average molecular weight is 431 g/mol. The number of fused-ring (bicyclic) bond motifs is 1. The van der Waals surface area contributed by atoms with E-state index in [2.05, 4.69) is 69.0 Å². The van der Waals surface area contributed by atoms with Crippen molar-refractivity contribution in [1.82, 2.24) is 19.4 Å². The molecule has 5 nitrogen and oxygen atoms in total. The number of carbonyl (C=O) groups is 1. The third kappa shape index (κ3) is 4.88. The van der Waals surface area contributed by atoms with Crippen LogP contribution in [0.5, 0.6) is 0 Å². The van der Waals surface area contributed by atoms with E-state index < -0.39 is 0 Å². The maximum Gasteiger partial charge on any atom is 0.222 e. The predicted octanol–water partition coefficient (Wildman–Crippen LogP) is 4.70. The Morgan fingerprint density at radius 1 is 0.875 bits per heavy atom. The lowest BCUT2D eigenvalue weighted by atomic mass is 10.0. The Labute approximate surface area is 191 Å². The highest BCUT2D eigenvalue weighted by molar-refractivity contribution is 5.76. The van der Waals surface area contributed by atoms with Crippen LogP contribution < -0.4 is 0 Å². The number of para-hydroxylation sites is 2. The van der Waals surface area contributed by atoms with Crippen molar-refractivity contribution < 1.29 is 4.79 Å². The molecule has 0 bridgehead atoms. The molecule has 2 heterocycles. The molecule has 1 saturated carbocycles. The first-order valence-electron chi connectivity index (χ1n) is 12.2. The first-order valence-corrected chi connectivity index (χ1v) is 12.2. The zero-order valence-corrected chi connectivity index (χ0v) is 19.0. The molecule has 5 rings (SSSR count). The Kier molecular flexibility index (Phi) is 6.54. The molecule has 2 aromatic carbocycles. The number of hydrogen-bond donors (Lipinski definition) is 0. The highest BCUT2D eigenvalue weighted by Crippen LogP contribution is 2.29. The fourth-order valence-corrected chi connectivity index (χ4v) is 5.33. The highest BCUT2D eigenvalue weighted by atomic mass is 16.2. The van der Waals surface area contributed by atoms with E-state index in [4.69, 9.17) is 4.98 Å². The van der Waals surface area contributed by atoms with Crippen molar-refractivity contribution >= 4 is 16.9 Å². The molecule has 0 atom stereocenters. The van der Waals surface area contributed by atoms with Crippen LogP contribution in [0.25, 0.3) is 11.0 Å². The van der Waals surface area contributed by atoms with Crippen molar-refractivity contribution in [3.05, 3.63) is 66.0 Å². The largest absolute Gasteiger partial charge is 0.340 e. The number of benzene rings is 2. The Morgan fingerprint density at radius 2 is 1.59 bits per heavy atom. The Morgan fingerprint density at radius 3 is 2.38 bits per heavy atom. The quantitative estimate of drug-likeness (QED) is 0.546. The van der Waals surface area contributed by atoms with Gasteiger partial charge in [-0.2, -0.15) is 0 Å². The van der Waals surface area contributed by atoms with Crippen LogP contribution in [0.3, 0.4) is 0 Å². The summed E-state index contributed by atoms with van der Waals surface area (Å²) in [5, 5.41) is 0. The minimum Gasteiger partial charge on any atom is -0.340 e. The first-order chi connectivity index (χ1) is 15.8. The normalized spacial score (nSPS) is 17.9. The van der Waals surface area contributed by atoms with E-state index in [0.717, 1.165) is 69.4 Å². The van der Waals surface area contributed by atoms with Crippen LogP contribution in [-0.2, 0) is 17.9 Å². The van der Waals surface area contributed by atoms with Gasteiger partial charge in [-0.25, -0.2) is 4.98 Å². The van der Waals surface area contributed by atoms with E-state index in [9.17, 15) is 4.79 Å². The van der Waals surface area contributed by atoms with Crippen molar-refractivity contribution in [2.24, 2.45) is 5.92 Å². The number of rotatable bonds is 7. The predicted molar refractivity (Wildman–Crippen MR) is 128 cm³/mol. The summed E-state index contributed by atoms with van der Waals surface area (Å²) in [6, 6.07) is 19.0. The second-order valence-electron chi connectivity index (χ2n) is 9.43. The van der Waals surface area contributed by atoms with Gasteiger partial charge in [0.2, 0.25) is 5.91 Å². The van der Waals surface area contributed by atoms with Crippen molar-refractivity contribution in [2.45, 2.75) is 51.6 Å². The number of aromatic nitrogens is 2. The molecule has 2 aliphatic rings. The highest BCUT2D eigenvalue weighted by Gasteiger charge is 2.24. The molecule has 0 N–H and O–H groups in total. The minimum absolute atomic E-state index is 0.355. The van der Waals surface area contributed by atoms with E-state index in [1.54, 1.807) is 0 Å². The van der Waals surface area contributed by atoms with Crippen LogP contribution in [0.2, 0.25) is 0 Å². The van der Waals surface area contributed by atoms with Gasteiger partial charge in [-0.3, -0.25) is 9.69 Å². The van der Waals surface area contributed by atoms with E-state index >= 15 is 0 Å².